The first-order valence-corrected chi connectivity index (χ1v) is 6.70. The number of hydrogen-bond acceptors (Lipinski definition) is 2. The third-order valence-electron chi connectivity index (χ3n) is 2.60. The summed E-state index contributed by atoms with van der Waals surface area (Å²) in [4.78, 5) is -0.171. The molecule has 0 atom stereocenters. The van der Waals surface area contributed by atoms with Gasteiger partial charge >= 0.3 is 0 Å². The highest BCUT2D eigenvalue weighted by Crippen LogP contribution is 2.29. The van der Waals surface area contributed by atoms with E-state index in [1.54, 1.807) is 0 Å². The van der Waals surface area contributed by atoms with Crippen LogP contribution in [0.3, 0.4) is 0 Å². The second-order valence-electron chi connectivity index (χ2n) is 4.05. The molecule has 110 valence electrons. The fourth-order valence-electron chi connectivity index (χ4n) is 1.59. The van der Waals surface area contributed by atoms with Crippen molar-refractivity contribution < 1.29 is 17.6 Å². The zero-order valence-corrected chi connectivity index (χ0v) is 12.6. The lowest BCUT2D eigenvalue weighted by Crippen LogP contribution is -2.11. The highest BCUT2D eigenvalue weighted by Gasteiger charge is 2.15. The van der Waals surface area contributed by atoms with Crippen LogP contribution in [-0.4, -0.2) is 4.99 Å². The van der Waals surface area contributed by atoms with Gasteiger partial charge in [-0.3, -0.25) is 0 Å². The van der Waals surface area contributed by atoms with Crippen molar-refractivity contribution in [2.45, 2.75) is 0 Å². The third kappa shape index (κ3) is 3.33. The summed E-state index contributed by atoms with van der Waals surface area (Å²) in [6.07, 6.45) is 0. The molecule has 2 aromatic rings. The van der Waals surface area contributed by atoms with Gasteiger partial charge in [-0.1, -0.05) is 12.2 Å². The number of nitrogens with one attached hydrogen (secondary N) is 1. The Bertz CT molecular complexity index is 713. The Hall–Kier alpha value is -1.67. The van der Waals surface area contributed by atoms with Gasteiger partial charge in [0.2, 0.25) is 0 Å². The van der Waals surface area contributed by atoms with Crippen molar-refractivity contribution >= 4 is 44.5 Å². The van der Waals surface area contributed by atoms with Gasteiger partial charge in [0.25, 0.3) is 0 Å². The standard InChI is InChI=1S/C13H7BrF4N2S/c14-6-3-11(8(16)4-7(6)15)20-12-9(17)1-5(13(19)21)2-10(12)18/h1-4,20H,(H2,19,21). The molecular formula is C13H7BrF4N2S. The van der Waals surface area contributed by atoms with Crippen LogP contribution in [0.1, 0.15) is 5.56 Å². The lowest BCUT2D eigenvalue weighted by molar-refractivity contribution is 0.578. The maximum absolute atomic E-state index is 13.8. The van der Waals surface area contributed by atoms with E-state index in [2.05, 4.69) is 33.5 Å². The highest BCUT2D eigenvalue weighted by atomic mass is 79.9. The molecule has 8 heteroatoms. The van der Waals surface area contributed by atoms with Crippen molar-refractivity contribution in [1.82, 2.24) is 0 Å². The van der Waals surface area contributed by atoms with Gasteiger partial charge in [-0.2, -0.15) is 0 Å². The molecule has 0 aliphatic rings. The molecule has 0 aliphatic heterocycles. The maximum atomic E-state index is 13.8. The average Bonchev–Trinajstić information content (AvgIpc) is 2.39. The monoisotopic (exact) mass is 378 g/mol. The van der Waals surface area contributed by atoms with Crippen LogP contribution in [0.5, 0.6) is 0 Å². The minimum Gasteiger partial charge on any atom is -0.389 e. The molecule has 0 amide bonds. The Kier molecular flexibility index (Phi) is 4.48. The second kappa shape index (κ2) is 5.98. The van der Waals surface area contributed by atoms with Crippen molar-refractivity contribution in [2.24, 2.45) is 5.73 Å². The van der Waals surface area contributed by atoms with Crippen LogP contribution in [0, 0.1) is 23.3 Å². The molecule has 0 saturated heterocycles. The summed E-state index contributed by atoms with van der Waals surface area (Å²) in [6, 6.07) is 3.46. The number of hydrogen-bond donors (Lipinski definition) is 2. The fraction of sp³-hybridized carbons (Fsp3) is 0. The van der Waals surface area contributed by atoms with Gasteiger partial charge in [-0.15, -0.1) is 0 Å². The van der Waals surface area contributed by atoms with Crippen LogP contribution >= 0.6 is 28.1 Å². The van der Waals surface area contributed by atoms with Crippen molar-refractivity contribution in [3.63, 3.8) is 0 Å². The molecule has 2 nitrogen and oxygen atoms in total. The number of nitrogens with two attached hydrogens (primary N) is 1. The molecule has 3 N–H and O–H groups in total. The first-order valence-electron chi connectivity index (χ1n) is 5.50. The van der Waals surface area contributed by atoms with Crippen LogP contribution in [-0.2, 0) is 0 Å². The van der Waals surface area contributed by atoms with E-state index < -0.39 is 29.0 Å². The van der Waals surface area contributed by atoms with Crippen LogP contribution in [0.15, 0.2) is 28.7 Å². The summed E-state index contributed by atoms with van der Waals surface area (Å²) in [5.74, 6) is -3.83. The minimum absolute atomic E-state index is 0.00584. The van der Waals surface area contributed by atoms with E-state index in [1.165, 1.54) is 0 Å². The third-order valence-corrected chi connectivity index (χ3v) is 3.44. The topological polar surface area (TPSA) is 38.0 Å². The summed E-state index contributed by atoms with van der Waals surface area (Å²) >= 11 is 7.48. The minimum atomic E-state index is -1.00. The zero-order chi connectivity index (χ0) is 15.7. The summed E-state index contributed by atoms with van der Waals surface area (Å²) in [7, 11) is 0. The Balaban J connectivity index is 2.45. The van der Waals surface area contributed by atoms with Crippen molar-refractivity contribution in [3.8, 4) is 0 Å². The largest absolute Gasteiger partial charge is 0.389 e. The first kappa shape index (κ1) is 15.7. The molecule has 2 rings (SSSR count). The van der Waals surface area contributed by atoms with Gasteiger partial charge in [-0.25, -0.2) is 17.6 Å². The lowest BCUT2D eigenvalue weighted by atomic mass is 10.1. The predicted molar refractivity (Wildman–Crippen MR) is 79.6 cm³/mol. The van der Waals surface area contributed by atoms with E-state index in [-0.39, 0.29) is 20.7 Å². The van der Waals surface area contributed by atoms with Crippen LogP contribution < -0.4 is 11.1 Å². The van der Waals surface area contributed by atoms with Crippen molar-refractivity contribution in [1.29, 1.82) is 0 Å². The van der Waals surface area contributed by atoms with E-state index in [9.17, 15) is 17.6 Å². The molecule has 2 aromatic carbocycles. The Labute approximate surface area is 131 Å². The van der Waals surface area contributed by atoms with Crippen LogP contribution in [0.4, 0.5) is 28.9 Å². The smallest absolute Gasteiger partial charge is 0.150 e. The van der Waals surface area contributed by atoms with Crippen molar-refractivity contribution in [2.75, 3.05) is 5.32 Å². The number of rotatable bonds is 3. The van der Waals surface area contributed by atoms with E-state index in [0.717, 1.165) is 18.2 Å². The molecule has 0 saturated carbocycles. The van der Waals surface area contributed by atoms with Gasteiger partial charge < -0.3 is 11.1 Å². The molecule has 0 spiro atoms. The van der Waals surface area contributed by atoms with Gasteiger partial charge in [0.15, 0.2) is 0 Å². The molecule has 0 radical (unpaired) electrons. The summed E-state index contributed by atoms with van der Waals surface area (Å²) in [5.41, 5.74) is 4.41. The first-order chi connectivity index (χ1) is 9.79. The van der Waals surface area contributed by atoms with Gasteiger partial charge in [0, 0.05) is 11.6 Å². The Morgan fingerprint density at radius 1 is 0.952 bits per heavy atom. The van der Waals surface area contributed by atoms with E-state index >= 15 is 0 Å². The molecule has 0 unspecified atom stereocenters. The quantitative estimate of drug-likeness (QED) is 0.472. The lowest BCUT2D eigenvalue weighted by Gasteiger charge is -2.12. The molecule has 0 bridgehead atoms. The predicted octanol–water partition coefficient (Wildman–Crippen LogP) is 4.38. The number of anilines is 2. The fourth-order valence-corrected chi connectivity index (χ4v) is 2.05. The molecular weight excluding hydrogens is 372 g/mol. The molecule has 0 fully saturated rings. The summed E-state index contributed by atoms with van der Waals surface area (Å²) < 4.78 is 54.3. The van der Waals surface area contributed by atoms with Gasteiger partial charge in [0.1, 0.15) is 33.9 Å². The number of thiocarbonyl (C=S) groups is 1. The van der Waals surface area contributed by atoms with E-state index in [4.69, 9.17) is 5.73 Å². The van der Waals surface area contributed by atoms with Crippen LogP contribution in [0.25, 0.3) is 0 Å². The molecule has 0 heterocycles. The average molecular weight is 379 g/mol. The van der Waals surface area contributed by atoms with E-state index in [1.807, 2.05) is 0 Å². The summed E-state index contributed by atoms with van der Waals surface area (Å²) in [6.45, 7) is 0. The number of halogens is 5. The Morgan fingerprint density at radius 3 is 2.05 bits per heavy atom. The normalized spacial score (nSPS) is 10.5. The molecule has 0 aromatic heterocycles. The van der Waals surface area contributed by atoms with Crippen LogP contribution in [0.2, 0.25) is 0 Å². The van der Waals surface area contributed by atoms with Crippen molar-refractivity contribution in [3.05, 3.63) is 57.6 Å². The number of benzene rings is 2. The summed E-state index contributed by atoms with van der Waals surface area (Å²) in [5, 5.41) is 2.24. The Morgan fingerprint density at radius 2 is 1.52 bits per heavy atom. The van der Waals surface area contributed by atoms with E-state index in [0.29, 0.717) is 6.07 Å². The maximum Gasteiger partial charge on any atom is 0.150 e. The van der Waals surface area contributed by atoms with Gasteiger partial charge in [-0.05, 0) is 34.1 Å². The second-order valence-corrected chi connectivity index (χ2v) is 5.34. The van der Waals surface area contributed by atoms with Gasteiger partial charge in [0.05, 0.1) is 10.2 Å². The molecule has 0 aliphatic carbocycles. The zero-order valence-electron chi connectivity index (χ0n) is 10.2. The SMILES string of the molecule is NC(=S)c1cc(F)c(Nc2cc(Br)c(F)cc2F)c(F)c1. The highest BCUT2D eigenvalue weighted by molar-refractivity contribution is 9.10. The molecule has 21 heavy (non-hydrogen) atoms.